The minimum absolute atomic E-state index is 0.667. The van der Waals surface area contributed by atoms with E-state index >= 15 is 0 Å². The third-order valence-corrected chi connectivity index (χ3v) is 3.74. The van der Waals surface area contributed by atoms with Crippen molar-refractivity contribution in [1.29, 1.82) is 0 Å². The summed E-state index contributed by atoms with van der Waals surface area (Å²) in [5, 5.41) is 2.21. The summed E-state index contributed by atoms with van der Waals surface area (Å²) >= 11 is 0. The summed E-state index contributed by atoms with van der Waals surface area (Å²) in [7, 11) is 0. The van der Waals surface area contributed by atoms with Crippen molar-refractivity contribution in [3.63, 3.8) is 0 Å². The highest BCUT2D eigenvalue weighted by Crippen LogP contribution is 2.35. The fourth-order valence-electron chi connectivity index (χ4n) is 2.75. The van der Waals surface area contributed by atoms with Crippen LogP contribution in [0.15, 0.2) is 71.1 Å². The number of rotatable bonds is 2. The van der Waals surface area contributed by atoms with Crippen LogP contribution >= 0.6 is 0 Å². The molecule has 0 radical (unpaired) electrons. The van der Waals surface area contributed by atoms with Crippen molar-refractivity contribution in [2.45, 2.75) is 0 Å². The van der Waals surface area contributed by atoms with E-state index in [1.165, 1.54) is 0 Å². The standard InChI is InChI=1S/C19H12O2/c20-12-13-5-3-6-14(11-13)15-8-4-9-17-16-7-1-2-10-18(16)21-19(15)17/h1-12H. The summed E-state index contributed by atoms with van der Waals surface area (Å²) in [4.78, 5) is 11.0. The van der Waals surface area contributed by atoms with E-state index in [0.717, 1.165) is 39.4 Å². The average molecular weight is 272 g/mol. The highest BCUT2D eigenvalue weighted by atomic mass is 16.3. The number of carbonyl (C=O) groups excluding carboxylic acids is 1. The molecule has 21 heavy (non-hydrogen) atoms. The molecule has 0 N–H and O–H groups in total. The normalized spacial score (nSPS) is 11.0. The first-order valence-electron chi connectivity index (χ1n) is 6.83. The summed E-state index contributed by atoms with van der Waals surface area (Å²) in [5.74, 6) is 0. The van der Waals surface area contributed by atoms with Gasteiger partial charge in [-0.05, 0) is 17.7 Å². The van der Waals surface area contributed by atoms with Gasteiger partial charge in [0, 0.05) is 21.9 Å². The Bertz CT molecular complexity index is 964. The molecule has 3 aromatic carbocycles. The van der Waals surface area contributed by atoms with Crippen LogP contribution < -0.4 is 0 Å². The Hall–Kier alpha value is -2.87. The number of hydrogen-bond donors (Lipinski definition) is 0. The molecule has 0 atom stereocenters. The van der Waals surface area contributed by atoms with Gasteiger partial charge in [-0.3, -0.25) is 4.79 Å². The maximum absolute atomic E-state index is 11.0. The van der Waals surface area contributed by atoms with Gasteiger partial charge < -0.3 is 4.42 Å². The lowest BCUT2D eigenvalue weighted by Crippen LogP contribution is -1.83. The Balaban J connectivity index is 2.06. The second-order valence-electron chi connectivity index (χ2n) is 5.02. The molecule has 0 aliphatic carbocycles. The van der Waals surface area contributed by atoms with Crippen molar-refractivity contribution < 1.29 is 9.21 Å². The SMILES string of the molecule is O=Cc1cccc(-c2cccc3c2oc2ccccc23)c1. The van der Waals surface area contributed by atoms with Crippen molar-refractivity contribution in [2.24, 2.45) is 0 Å². The number of fused-ring (bicyclic) bond motifs is 3. The molecular weight excluding hydrogens is 260 g/mol. The molecule has 0 aliphatic heterocycles. The third-order valence-electron chi connectivity index (χ3n) is 3.74. The number of benzene rings is 3. The zero-order valence-electron chi connectivity index (χ0n) is 11.2. The molecule has 0 saturated carbocycles. The summed E-state index contributed by atoms with van der Waals surface area (Å²) < 4.78 is 6.02. The molecule has 100 valence electrons. The van der Waals surface area contributed by atoms with Crippen LogP contribution in [0, 0.1) is 0 Å². The van der Waals surface area contributed by atoms with Crippen molar-refractivity contribution in [3.05, 3.63) is 72.3 Å². The van der Waals surface area contributed by atoms with Gasteiger partial charge in [0.1, 0.15) is 17.5 Å². The van der Waals surface area contributed by atoms with E-state index in [1.54, 1.807) is 6.07 Å². The van der Waals surface area contributed by atoms with Gasteiger partial charge in [0.05, 0.1) is 0 Å². The molecule has 1 heterocycles. The highest BCUT2D eigenvalue weighted by molar-refractivity contribution is 6.09. The summed E-state index contributed by atoms with van der Waals surface area (Å²) in [6.07, 6.45) is 0.863. The quantitative estimate of drug-likeness (QED) is 0.477. The molecule has 0 saturated heterocycles. The third kappa shape index (κ3) is 1.84. The van der Waals surface area contributed by atoms with Crippen LogP contribution in [0.2, 0.25) is 0 Å². The van der Waals surface area contributed by atoms with Gasteiger partial charge in [-0.2, -0.15) is 0 Å². The van der Waals surface area contributed by atoms with Crippen LogP contribution in [-0.4, -0.2) is 6.29 Å². The first kappa shape index (κ1) is 11.9. The molecule has 4 rings (SSSR count). The average Bonchev–Trinajstić information content (AvgIpc) is 2.93. The summed E-state index contributed by atoms with van der Waals surface area (Å²) in [6.45, 7) is 0. The lowest BCUT2D eigenvalue weighted by molar-refractivity contribution is 0.112. The molecule has 4 aromatic rings. The molecule has 0 aliphatic rings. The number of hydrogen-bond acceptors (Lipinski definition) is 2. The van der Waals surface area contributed by atoms with Crippen LogP contribution in [0.5, 0.6) is 0 Å². The summed E-state index contributed by atoms with van der Waals surface area (Å²) in [5.41, 5.74) is 4.41. The Kier molecular flexibility index (Phi) is 2.61. The van der Waals surface area contributed by atoms with E-state index in [9.17, 15) is 4.79 Å². The van der Waals surface area contributed by atoms with Crippen molar-refractivity contribution >= 4 is 28.2 Å². The molecule has 2 heteroatoms. The minimum Gasteiger partial charge on any atom is -0.455 e. The van der Waals surface area contributed by atoms with Gasteiger partial charge in [-0.15, -0.1) is 0 Å². The molecule has 0 bridgehead atoms. The molecule has 2 nitrogen and oxygen atoms in total. The fourth-order valence-corrected chi connectivity index (χ4v) is 2.75. The van der Waals surface area contributed by atoms with Crippen LogP contribution in [0.1, 0.15) is 10.4 Å². The Morgan fingerprint density at radius 1 is 0.810 bits per heavy atom. The van der Waals surface area contributed by atoms with Gasteiger partial charge >= 0.3 is 0 Å². The van der Waals surface area contributed by atoms with Gasteiger partial charge in [-0.25, -0.2) is 0 Å². The van der Waals surface area contributed by atoms with Crippen LogP contribution in [0.4, 0.5) is 0 Å². The van der Waals surface area contributed by atoms with E-state index < -0.39 is 0 Å². The van der Waals surface area contributed by atoms with E-state index in [1.807, 2.05) is 48.5 Å². The lowest BCUT2D eigenvalue weighted by atomic mass is 10.0. The van der Waals surface area contributed by atoms with Gasteiger partial charge in [-0.1, -0.05) is 54.6 Å². The molecule has 1 aromatic heterocycles. The van der Waals surface area contributed by atoms with Gasteiger partial charge in [0.15, 0.2) is 0 Å². The van der Waals surface area contributed by atoms with E-state index in [2.05, 4.69) is 12.1 Å². The van der Waals surface area contributed by atoms with Crippen molar-refractivity contribution in [2.75, 3.05) is 0 Å². The minimum atomic E-state index is 0.667. The van der Waals surface area contributed by atoms with E-state index in [0.29, 0.717) is 5.56 Å². The van der Waals surface area contributed by atoms with Crippen LogP contribution in [0.25, 0.3) is 33.1 Å². The first-order valence-corrected chi connectivity index (χ1v) is 6.83. The zero-order chi connectivity index (χ0) is 14.2. The van der Waals surface area contributed by atoms with Crippen LogP contribution in [0.3, 0.4) is 0 Å². The molecule has 0 fully saturated rings. The monoisotopic (exact) mass is 272 g/mol. The molecule has 0 unspecified atom stereocenters. The highest BCUT2D eigenvalue weighted by Gasteiger charge is 2.11. The zero-order valence-corrected chi connectivity index (χ0v) is 11.2. The molecular formula is C19H12O2. The van der Waals surface area contributed by atoms with Crippen molar-refractivity contribution in [3.8, 4) is 11.1 Å². The fraction of sp³-hybridized carbons (Fsp3) is 0. The van der Waals surface area contributed by atoms with Crippen LogP contribution in [-0.2, 0) is 0 Å². The van der Waals surface area contributed by atoms with E-state index in [-0.39, 0.29) is 0 Å². The predicted octanol–water partition coefficient (Wildman–Crippen LogP) is 5.07. The van der Waals surface area contributed by atoms with Gasteiger partial charge in [0.2, 0.25) is 0 Å². The predicted molar refractivity (Wildman–Crippen MR) is 84.5 cm³/mol. The Labute approximate surface area is 121 Å². The maximum atomic E-state index is 11.0. The topological polar surface area (TPSA) is 30.2 Å². The second-order valence-corrected chi connectivity index (χ2v) is 5.02. The molecule has 0 amide bonds. The number of carbonyl (C=O) groups is 1. The smallest absolute Gasteiger partial charge is 0.150 e. The molecule has 0 spiro atoms. The largest absolute Gasteiger partial charge is 0.455 e. The first-order chi connectivity index (χ1) is 10.4. The van der Waals surface area contributed by atoms with E-state index in [4.69, 9.17) is 4.42 Å². The lowest BCUT2D eigenvalue weighted by Gasteiger charge is -2.03. The number of furan rings is 1. The second kappa shape index (κ2) is 4.60. The van der Waals surface area contributed by atoms with Gasteiger partial charge in [0.25, 0.3) is 0 Å². The Morgan fingerprint density at radius 2 is 1.62 bits per heavy atom. The number of para-hydroxylation sites is 2. The maximum Gasteiger partial charge on any atom is 0.150 e. The van der Waals surface area contributed by atoms with Crippen molar-refractivity contribution in [1.82, 2.24) is 0 Å². The summed E-state index contributed by atoms with van der Waals surface area (Å²) in [6, 6.07) is 21.7. The number of aldehydes is 1. The Morgan fingerprint density at radius 3 is 2.52 bits per heavy atom.